The average Bonchev–Trinajstić information content (AvgIpc) is 2.26. The molecule has 0 saturated heterocycles. The molecule has 2 N–H and O–H groups in total. The highest BCUT2D eigenvalue weighted by Gasteiger charge is 2.05. The minimum Gasteiger partial charge on any atom is -0.491 e. The van der Waals surface area contributed by atoms with Gasteiger partial charge in [0.05, 0.1) is 0 Å². The zero-order valence-corrected chi connectivity index (χ0v) is 9.24. The van der Waals surface area contributed by atoms with Crippen molar-refractivity contribution in [1.82, 2.24) is 0 Å². The van der Waals surface area contributed by atoms with E-state index < -0.39 is 6.17 Å². The van der Waals surface area contributed by atoms with Crippen LogP contribution in [0.1, 0.15) is 33.3 Å². The molecule has 1 aromatic rings. The van der Waals surface area contributed by atoms with Crippen molar-refractivity contribution in [3.8, 4) is 5.75 Å². The molecule has 0 aromatic heterocycles. The van der Waals surface area contributed by atoms with Gasteiger partial charge in [0.1, 0.15) is 18.5 Å². The van der Waals surface area contributed by atoms with Gasteiger partial charge in [-0.2, -0.15) is 0 Å². The van der Waals surface area contributed by atoms with Crippen molar-refractivity contribution < 1.29 is 10.6 Å². The molecule has 0 aliphatic heterocycles. The molecule has 0 aliphatic carbocycles. The lowest BCUT2D eigenvalue weighted by Crippen LogP contribution is -2.12. The SMILES string of the molecule is CCC(F)COc1cccc([C@@H](C)N)c1.[HH]. The molecule has 1 rings (SSSR count). The maximum atomic E-state index is 12.9. The van der Waals surface area contributed by atoms with Crippen LogP contribution in [0.4, 0.5) is 4.39 Å². The van der Waals surface area contributed by atoms with Crippen LogP contribution in [0.15, 0.2) is 24.3 Å². The minimum absolute atomic E-state index is 0. The lowest BCUT2D eigenvalue weighted by atomic mass is 10.1. The number of ether oxygens (including phenoxy) is 1. The normalized spacial score (nSPS) is 14.7. The Morgan fingerprint density at radius 2 is 2.27 bits per heavy atom. The summed E-state index contributed by atoms with van der Waals surface area (Å²) >= 11 is 0. The van der Waals surface area contributed by atoms with Crippen LogP contribution in [-0.4, -0.2) is 12.8 Å². The largest absolute Gasteiger partial charge is 0.491 e. The van der Waals surface area contributed by atoms with Crippen molar-refractivity contribution in [3.63, 3.8) is 0 Å². The number of halogens is 1. The van der Waals surface area contributed by atoms with Gasteiger partial charge in [0, 0.05) is 7.47 Å². The third kappa shape index (κ3) is 3.88. The second kappa shape index (κ2) is 5.71. The highest BCUT2D eigenvalue weighted by molar-refractivity contribution is 5.30. The summed E-state index contributed by atoms with van der Waals surface area (Å²) in [4.78, 5) is 0. The summed E-state index contributed by atoms with van der Waals surface area (Å²) in [7, 11) is 0. The quantitative estimate of drug-likeness (QED) is 0.815. The topological polar surface area (TPSA) is 35.2 Å². The Hall–Kier alpha value is -1.09. The predicted octanol–water partition coefficient (Wildman–Crippen LogP) is 3.08. The van der Waals surface area contributed by atoms with Gasteiger partial charge in [0.15, 0.2) is 0 Å². The number of benzene rings is 1. The van der Waals surface area contributed by atoms with Crippen molar-refractivity contribution in [2.45, 2.75) is 32.5 Å². The van der Waals surface area contributed by atoms with Gasteiger partial charge in [0.25, 0.3) is 0 Å². The Balaban J connectivity index is 0.00000225. The monoisotopic (exact) mass is 213 g/mol. The van der Waals surface area contributed by atoms with E-state index in [0.717, 1.165) is 5.56 Å². The summed E-state index contributed by atoms with van der Waals surface area (Å²) in [6.45, 7) is 3.81. The van der Waals surface area contributed by atoms with Crippen molar-refractivity contribution in [2.24, 2.45) is 5.73 Å². The molecule has 0 spiro atoms. The summed E-state index contributed by atoms with van der Waals surface area (Å²) < 4.78 is 18.2. The first-order chi connectivity index (χ1) is 7.13. The van der Waals surface area contributed by atoms with E-state index in [1.165, 1.54) is 0 Å². The molecule has 0 amide bonds. The zero-order chi connectivity index (χ0) is 11.3. The van der Waals surface area contributed by atoms with E-state index in [0.29, 0.717) is 12.2 Å². The fraction of sp³-hybridized carbons (Fsp3) is 0.500. The van der Waals surface area contributed by atoms with Crippen LogP contribution in [0.25, 0.3) is 0 Å². The summed E-state index contributed by atoms with van der Waals surface area (Å²) in [5, 5.41) is 0. The molecule has 0 radical (unpaired) electrons. The highest BCUT2D eigenvalue weighted by Crippen LogP contribution is 2.18. The number of nitrogens with two attached hydrogens (primary N) is 1. The number of rotatable bonds is 5. The van der Waals surface area contributed by atoms with E-state index in [1.54, 1.807) is 6.92 Å². The van der Waals surface area contributed by atoms with Gasteiger partial charge in [-0.15, -0.1) is 0 Å². The van der Waals surface area contributed by atoms with Crippen LogP contribution in [0.5, 0.6) is 5.75 Å². The second-order valence-corrected chi connectivity index (χ2v) is 3.68. The summed E-state index contributed by atoms with van der Waals surface area (Å²) in [5.74, 6) is 0.681. The fourth-order valence-electron chi connectivity index (χ4n) is 1.19. The van der Waals surface area contributed by atoms with Crippen molar-refractivity contribution in [2.75, 3.05) is 6.61 Å². The van der Waals surface area contributed by atoms with E-state index in [9.17, 15) is 4.39 Å². The molecule has 0 bridgehead atoms. The standard InChI is InChI=1S/C12H18FNO.H2/c1-3-11(13)8-15-12-6-4-5-10(7-12)9(2)14;/h4-7,9,11H,3,8,14H2,1-2H3;1H/t9-,11?;/m1./s1. The predicted molar refractivity (Wildman–Crippen MR) is 61.8 cm³/mol. The van der Waals surface area contributed by atoms with Gasteiger partial charge in [-0.1, -0.05) is 19.1 Å². The molecule has 2 atom stereocenters. The Morgan fingerprint density at radius 3 is 2.87 bits per heavy atom. The van der Waals surface area contributed by atoms with Crippen LogP contribution in [0.2, 0.25) is 0 Å². The molecule has 86 valence electrons. The van der Waals surface area contributed by atoms with Gasteiger partial charge in [-0.25, -0.2) is 4.39 Å². The van der Waals surface area contributed by atoms with E-state index >= 15 is 0 Å². The van der Waals surface area contributed by atoms with Crippen molar-refractivity contribution in [1.29, 1.82) is 0 Å². The van der Waals surface area contributed by atoms with Crippen LogP contribution in [0, 0.1) is 0 Å². The molecule has 15 heavy (non-hydrogen) atoms. The third-order valence-electron chi connectivity index (χ3n) is 2.26. The first-order valence-corrected chi connectivity index (χ1v) is 5.26. The first-order valence-electron chi connectivity index (χ1n) is 5.26. The van der Waals surface area contributed by atoms with Gasteiger partial charge in [-0.3, -0.25) is 0 Å². The smallest absolute Gasteiger partial charge is 0.134 e. The maximum Gasteiger partial charge on any atom is 0.134 e. The summed E-state index contributed by atoms with van der Waals surface area (Å²) in [6, 6.07) is 7.44. The minimum atomic E-state index is -0.899. The Bertz CT molecular complexity index is 307. The molecular weight excluding hydrogens is 193 g/mol. The van der Waals surface area contributed by atoms with Gasteiger partial charge < -0.3 is 10.5 Å². The van der Waals surface area contributed by atoms with E-state index in [1.807, 2.05) is 31.2 Å². The number of hydrogen-bond donors (Lipinski definition) is 1. The Labute approximate surface area is 91.7 Å². The molecule has 0 heterocycles. The molecule has 3 heteroatoms. The summed E-state index contributed by atoms with van der Waals surface area (Å²) in [5.41, 5.74) is 6.73. The second-order valence-electron chi connectivity index (χ2n) is 3.68. The Kier molecular flexibility index (Phi) is 4.56. The van der Waals surface area contributed by atoms with Crippen molar-refractivity contribution in [3.05, 3.63) is 29.8 Å². The van der Waals surface area contributed by atoms with Crippen LogP contribution in [-0.2, 0) is 0 Å². The number of alkyl halides is 1. The van der Waals surface area contributed by atoms with Gasteiger partial charge in [-0.05, 0) is 31.0 Å². The van der Waals surface area contributed by atoms with Crippen molar-refractivity contribution >= 4 is 0 Å². The van der Waals surface area contributed by atoms with Gasteiger partial charge >= 0.3 is 0 Å². The van der Waals surface area contributed by atoms with Crippen LogP contribution < -0.4 is 10.5 Å². The molecular formula is C12H20FNO. The summed E-state index contributed by atoms with van der Waals surface area (Å²) in [6.07, 6.45) is -0.420. The maximum absolute atomic E-state index is 12.9. The fourth-order valence-corrected chi connectivity index (χ4v) is 1.19. The molecule has 0 aliphatic rings. The lowest BCUT2D eigenvalue weighted by Gasteiger charge is -2.11. The molecule has 0 fully saturated rings. The molecule has 0 saturated carbocycles. The first kappa shape index (κ1) is 12.0. The molecule has 1 unspecified atom stereocenters. The van der Waals surface area contributed by atoms with E-state index in [4.69, 9.17) is 10.5 Å². The van der Waals surface area contributed by atoms with Gasteiger partial charge in [0.2, 0.25) is 0 Å². The molecule has 1 aromatic carbocycles. The number of hydrogen-bond acceptors (Lipinski definition) is 2. The van der Waals surface area contributed by atoms with Crippen LogP contribution >= 0.6 is 0 Å². The zero-order valence-electron chi connectivity index (χ0n) is 9.24. The molecule has 2 nitrogen and oxygen atoms in total. The van der Waals surface area contributed by atoms with E-state index in [2.05, 4.69) is 0 Å². The van der Waals surface area contributed by atoms with E-state index in [-0.39, 0.29) is 14.1 Å². The highest BCUT2D eigenvalue weighted by atomic mass is 19.1. The average molecular weight is 213 g/mol. The lowest BCUT2D eigenvalue weighted by molar-refractivity contribution is 0.191. The van der Waals surface area contributed by atoms with Crippen LogP contribution in [0.3, 0.4) is 0 Å². The third-order valence-corrected chi connectivity index (χ3v) is 2.26. The Morgan fingerprint density at radius 1 is 1.53 bits per heavy atom.